The van der Waals surface area contributed by atoms with Gasteiger partial charge < -0.3 is 14.7 Å². The van der Waals surface area contributed by atoms with Crippen LogP contribution < -0.4 is 0 Å². The van der Waals surface area contributed by atoms with Crippen molar-refractivity contribution in [2.75, 3.05) is 26.3 Å². The van der Waals surface area contributed by atoms with Gasteiger partial charge >= 0.3 is 0 Å². The fourth-order valence-corrected chi connectivity index (χ4v) is 5.12. The third-order valence-electron chi connectivity index (χ3n) is 6.65. The first kappa shape index (κ1) is 18.1. The number of hydrogen-bond acceptors (Lipinski definition) is 4. The highest BCUT2D eigenvalue weighted by Crippen LogP contribution is 2.36. The first-order valence-electron chi connectivity index (χ1n) is 10.5. The van der Waals surface area contributed by atoms with Gasteiger partial charge in [0.05, 0.1) is 25.4 Å². The lowest BCUT2D eigenvalue weighted by Crippen LogP contribution is -2.45. The van der Waals surface area contributed by atoms with Gasteiger partial charge in [0.15, 0.2) is 0 Å². The summed E-state index contributed by atoms with van der Waals surface area (Å²) < 4.78 is 5.48. The Morgan fingerprint density at radius 3 is 2.61 bits per heavy atom. The van der Waals surface area contributed by atoms with Gasteiger partial charge in [0.2, 0.25) is 0 Å². The number of benzene rings is 2. The molecule has 2 aromatic carbocycles. The molecule has 2 unspecified atom stereocenters. The van der Waals surface area contributed by atoms with Crippen molar-refractivity contribution in [3.63, 3.8) is 0 Å². The van der Waals surface area contributed by atoms with Crippen LogP contribution in [0.25, 0.3) is 10.8 Å². The van der Waals surface area contributed by atoms with Gasteiger partial charge in [0.25, 0.3) is 5.91 Å². The molecule has 1 N–H and O–H groups in total. The molecule has 2 fully saturated rings. The van der Waals surface area contributed by atoms with Gasteiger partial charge in [-0.25, -0.2) is 0 Å². The fraction of sp³-hybridized carbons (Fsp3) is 0.522. The number of fused-ring (bicyclic) bond motifs is 3. The Morgan fingerprint density at radius 1 is 1.07 bits per heavy atom. The van der Waals surface area contributed by atoms with Crippen molar-refractivity contribution in [1.82, 2.24) is 9.80 Å². The summed E-state index contributed by atoms with van der Waals surface area (Å²) in [5.74, 6) is 0.0925. The first-order chi connectivity index (χ1) is 13.7. The van der Waals surface area contributed by atoms with E-state index >= 15 is 0 Å². The van der Waals surface area contributed by atoms with Crippen LogP contribution >= 0.6 is 0 Å². The first-order valence-corrected chi connectivity index (χ1v) is 10.5. The molecule has 2 heterocycles. The predicted octanol–water partition coefficient (Wildman–Crippen LogP) is 2.93. The zero-order valence-electron chi connectivity index (χ0n) is 16.3. The molecule has 0 spiro atoms. The molecule has 0 aromatic heterocycles. The Kier molecular flexibility index (Phi) is 4.83. The summed E-state index contributed by atoms with van der Waals surface area (Å²) in [5.41, 5.74) is 3.18. The highest BCUT2D eigenvalue weighted by Gasteiger charge is 2.38. The second-order valence-electron chi connectivity index (χ2n) is 8.35. The van der Waals surface area contributed by atoms with E-state index in [1.54, 1.807) is 0 Å². The lowest BCUT2D eigenvalue weighted by Gasteiger charge is -2.35. The van der Waals surface area contributed by atoms with E-state index in [4.69, 9.17) is 4.74 Å². The summed E-state index contributed by atoms with van der Waals surface area (Å²) in [4.78, 5) is 17.6. The molecular weight excluding hydrogens is 352 g/mol. The summed E-state index contributed by atoms with van der Waals surface area (Å²) in [6.45, 7) is 4.87. The van der Waals surface area contributed by atoms with Crippen molar-refractivity contribution < 1.29 is 14.6 Å². The number of amides is 1. The molecule has 0 bridgehead atoms. The number of aliphatic hydroxyl groups is 1. The van der Waals surface area contributed by atoms with Crippen LogP contribution in [0.5, 0.6) is 0 Å². The van der Waals surface area contributed by atoms with E-state index in [-0.39, 0.29) is 11.9 Å². The van der Waals surface area contributed by atoms with E-state index in [1.807, 2.05) is 4.90 Å². The van der Waals surface area contributed by atoms with Crippen molar-refractivity contribution in [3.8, 4) is 0 Å². The van der Waals surface area contributed by atoms with Crippen molar-refractivity contribution >= 4 is 16.7 Å². The normalized spacial score (nSPS) is 26.0. The minimum atomic E-state index is -0.397. The Morgan fingerprint density at radius 2 is 1.82 bits per heavy atom. The highest BCUT2D eigenvalue weighted by molar-refractivity contribution is 6.05. The Bertz CT molecular complexity index is 891. The van der Waals surface area contributed by atoms with Crippen LogP contribution in [-0.2, 0) is 17.8 Å². The number of nitrogens with zero attached hydrogens (tertiary/aromatic N) is 2. The number of hydrogen-bond donors (Lipinski definition) is 1. The van der Waals surface area contributed by atoms with Gasteiger partial charge in [-0.1, -0.05) is 37.1 Å². The molecule has 0 radical (unpaired) electrons. The molecule has 28 heavy (non-hydrogen) atoms. The van der Waals surface area contributed by atoms with E-state index in [0.29, 0.717) is 6.54 Å². The topological polar surface area (TPSA) is 53.0 Å². The quantitative estimate of drug-likeness (QED) is 0.890. The maximum absolute atomic E-state index is 13.3. The molecule has 148 valence electrons. The zero-order chi connectivity index (χ0) is 19.1. The number of ether oxygens (including phenoxy) is 1. The molecule has 5 heteroatoms. The molecule has 1 saturated heterocycles. The number of morpholine rings is 1. The van der Waals surface area contributed by atoms with Gasteiger partial charge in [-0.05, 0) is 40.8 Å². The van der Waals surface area contributed by atoms with Crippen molar-refractivity contribution in [1.29, 1.82) is 0 Å². The van der Waals surface area contributed by atoms with Crippen LogP contribution in [0.2, 0.25) is 0 Å². The monoisotopic (exact) mass is 380 g/mol. The van der Waals surface area contributed by atoms with E-state index in [1.165, 1.54) is 16.3 Å². The summed E-state index contributed by atoms with van der Waals surface area (Å²) in [6.07, 6.45) is 3.45. The van der Waals surface area contributed by atoms with Gasteiger partial charge in [0, 0.05) is 31.7 Å². The third kappa shape index (κ3) is 3.11. The molecule has 5 rings (SSSR count). The lowest BCUT2D eigenvalue weighted by atomic mass is 9.91. The molecule has 1 amide bonds. The Hall–Kier alpha value is -1.95. The minimum Gasteiger partial charge on any atom is -0.391 e. The van der Waals surface area contributed by atoms with Crippen LogP contribution in [0, 0.1) is 0 Å². The number of carbonyl (C=O) groups is 1. The SMILES string of the molecule is O=C1c2cc(CN3CCOCC3)c3ccccc3c2CN1C1CCCCC1O. The van der Waals surface area contributed by atoms with E-state index in [0.717, 1.165) is 69.7 Å². The van der Waals surface area contributed by atoms with Gasteiger partial charge in [-0.15, -0.1) is 0 Å². The van der Waals surface area contributed by atoms with Crippen LogP contribution in [0.15, 0.2) is 30.3 Å². The number of carbonyl (C=O) groups excluding carboxylic acids is 1. The molecular formula is C23H28N2O3. The summed E-state index contributed by atoms with van der Waals surface area (Å²) in [6, 6.07) is 10.5. The predicted molar refractivity (Wildman–Crippen MR) is 108 cm³/mol. The van der Waals surface area contributed by atoms with Gasteiger partial charge in [-0.3, -0.25) is 9.69 Å². The minimum absolute atomic E-state index is 0.0462. The fourth-order valence-electron chi connectivity index (χ4n) is 5.12. The summed E-state index contributed by atoms with van der Waals surface area (Å²) in [5, 5.41) is 12.9. The van der Waals surface area contributed by atoms with Crippen LogP contribution in [0.1, 0.15) is 47.2 Å². The largest absolute Gasteiger partial charge is 0.391 e. The van der Waals surface area contributed by atoms with Crippen LogP contribution in [0.4, 0.5) is 0 Å². The number of rotatable bonds is 3. The second kappa shape index (κ2) is 7.47. The molecule has 3 aliphatic rings. The lowest BCUT2D eigenvalue weighted by molar-refractivity contribution is 0.0192. The number of aliphatic hydroxyl groups excluding tert-OH is 1. The average molecular weight is 380 g/mol. The molecule has 1 aliphatic carbocycles. The molecule has 2 aromatic rings. The molecule has 2 atom stereocenters. The highest BCUT2D eigenvalue weighted by atomic mass is 16.5. The van der Waals surface area contributed by atoms with Gasteiger partial charge in [0.1, 0.15) is 0 Å². The van der Waals surface area contributed by atoms with Gasteiger partial charge in [-0.2, -0.15) is 0 Å². The summed E-state index contributed by atoms with van der Waals surface area (Å²) in [7, 11) is 0. The van der Waals surface area contributed by atoms with Crippen molar-refractivity contribution in [3.05, 3.63) is 47.0 Å². The van der Waals surface area contributed by atoms with E-state index < -0.39 is 6.10 Å². The van der Waals surface area contributed by atoms with Crippen molar-refractivity contribution in [2.45, 2.75) is 50.9 Å². The zero-order valence-corrected chi connectivity index (χ0v) is 16.3. The molecule has 1 saturated carbocycles. The van der Waals surface area contributed by atoms with Crippen molar-refractivity contribution in [2.24, 2.45) is 0 Å². The maximum atomic E-state index is 13.3. The average Bonchev–Trinajstić information content (AvgIpc) is 3.06. The second-order valence-corrected chi connectivity index (χ2v) is 8.35. The Balaban J connectivity index is 1.52. The molecule has 2 aliphatic heterocycles. The standard InChI is InChI=1S/C23H28N2O3/c26-22-8-4-3-7-21(22)25-15-20-18-6-2-1-5-17(18)16(13-19(20)23(25)27)14-24-9-11-28-12-10-24/h1-2,5-6,13,21-22,26H,3-4,7-12,14-15H2. The maximum Gasteiger partial charge on any atom is 0.254 e. The van der Waals surface area contributed by atoms with Crippen LogP contribution in [0.3, 0.4) is 0 Å². The van der Waals surface area contributed by atoms with E-state index in [9.17, 15) is 9.90 Å². The molecule has 5 nitrogen and oxygen atoms in total. The summed E-state index contributed by atoms with van der Waals surface area (Å²) >= 11 is 0. The smallest absolute Gasteiger partial charge is 0.254 e. The van der Waals surface area contributed by atoms with Crippen LogP contribution in [-0.4, -0.2) is 59.3 Å². The Labute approximate surface area is 165 Å². The third-order valence-corrected chi connectivity index (χ3v) is 6.65. The van der Waals surface area contributed by atoms with E-state index in [2.05, 4.69) is 35.2 Å².